The standard InChI is InChI=1S/C15H19FN2OS.ClH/c16-12-5-1-4-11-13(6-8-20-14(11)12)18-15(19)10-3-2-7-17-9-10;/h1,4-5,10,13,17H,2-3,6-9H2,(H,18,19);1H. The van der Waals surface area contributed by atoms with Gasteiger partial charge in [0.1, 0.15) is 5.82 Å². The van der Waals surface area contributed by atoms with E-state index < -0.39 is 0 Å². The monoisotopic (exact) mass is 330 g/mol. The van der Waals surface area contributed by atoms with Crippen LogP contribution in [0.1, 0.15) is 30.9 Å². The van der Waals surface area contributed by atoms with Crippen molar-refractivity contribution in [3.8, 4) is 0 Å². The molecule has 2 heterocycles. The first-order valence-corrected chi connectivity index (χ1v) is 8.16. The molecule has 0 spiro atoms. The van der Waals surface area contributed by atoms with Crippen molar-refractivity contribution >= 4 is 30.1 Å². The zero-order valence-corrected chi connectivity index (χ0v) is 13.4. The Morgan fingerprint density at radius 3 is 3.00 bits per heavy atom. The van der Waals surface area contributed by atoms with Gasteiger partial charge in [0, 0.05) is 17.2 Å². The molecule has 0 saturated carbocycles. The van der Waals surface area contributed by atoms with E-state index in [2.05, 4.69) is 10.6 Å². The summed E-state index contributed by atoms with van der Waals surface area (Å²) in [5, 5.41) is 6.37. The second-order valence-electron chi connectivity index (χ2n) is 5.40. The topological polar surface area (TPSA) is 41.1 Å². The lowest BCUT2D eigenvalue weighted by Crippen LogP contribution is -2.42. The van der Waals surface area contributed by atoms with E-state index in [1.165, 1.54) is 6.07 Å². The van der Waals surface area contributed by atoms with Crippen LogP contribution >= 0.6 is 24.2 Å². The summed E-state index contributed by atoms with van der Waals surface area (Å²) >= 11 is 1.54. The minimum Gasteiger partial charge on any atom is -0.349 e. The van der Waals surface area contributed by atoms with E-state index in [0.29, 0.717) is 4.90 Å². The number of rotatable bonds is 2. The molecular weight excluding hydrogens is 311 g/mol. The highest BCUT2D eigenvalue weighted by Crippen LogP contribution is 2.37. The zero-order valence-electron chi connectivity index (χ0n) is 11.7. The molecule has 2 atom stereocenters. The van der Waals surface area contributed by atoms with Gasteiger partial charge in [-0.25, -0.2) is 4.39 Å². The maximum Gasteiger partial charge on any atom is 0.224 e. The number of fused-ring (bicyclic) bond motifs is 1. The molecule has 1 fully saturated rings. The van der Waals surface area contributed by atoms with Gasteiger partial charge in [0.15, 0.2) is 0 Å². The van der Waals surface area contributed by atoms with Crippen LogP contribution in [-0.2, 0) is 4.79 Å². The molecule has 21 heavy (non-hydrogen) atoms. The van der Waals surface area contributed by atoms with Gasteiger partial charge in [-0.3, -0.25) is 4.79 Å². The molecule has 0 aromatic heterocycles. The molecule has 2 unspecified atom stereocenters. The highest BCUT2D eigenvalue weighted by atomic mass is 35.5. The van der Waals surface area contributed by atoms with Crippen molar-refractivity contribution in [3.05, 3.63) is 29.6 Å². The van der Waals surface area contributed by atoms with Crippen molar-refractivity contribution in [2.75, 3.05) is 18.8 Å². The van der Waals surface area contributed by atoms with Crippen molar-refractivity contribution in [3.63, 3.8) is 0 Å². The largest absolute Gasteiger partial charge is 0.349 e. The van der Waals surface area contributed by atoms with Crippen molar-refractivity contribution in [1.82, 2.24) is 10.6 Å². The van der Waals surface area contributed by atoms with Crippen molar-refractivity contribution in [2.45, 2.75) is 30.2 Å². The zero-order chi connectivity index (χ0) is 13.9. The van der Waals surface area contributed by atoms with Gasteiger partial charge in [0.2, 0.25) is 5.91 Å². The summed E-state index contributed by atoms with van der Waals surface area (Å²) < 4.78 is 13.8. The second-order valence-corrected chi connectivity index (χ2v) is 6.50. The summed E-state index contributed by atoms with van der Waals surface area (Å²) in [6.07, 6.45) is 2.85. The molecule has 0 aliphatic carbocycles. The fraction of sp³-hybridized carbons (Fsp3) is 0.533. The Morgan fingerprint density at radius 1 is 1.38 bits per heavy atom. The Hall–Kier alpha value is -0.780. The third-order valence-electron chi connectivity index (χ3n) is 4.01. The molecular formula is C15H20ClFN2OS. The number of amides is 1. The van der Waals surface area contributed by atoms with Gasteiger partial charge in [0.25, 0.3) is 0 Å². The van der Waals surface area contributed by atoms with Crippen LogP contribution in [0.3, 0.4) is 0 Å². The minimum atomic E-state index is -0.175. The number of halogens is 2. The number of carbonyl (C=O) groups is 1. The molecule has 2 aliphatic heterocycles. The fourth-order valence-corrected chi connectivity index (χ4v) is 4.04. The highest BCUT2D eigenvalue weighted by molar-refractivity contribution is 7.99. The predicted octanol–water partition coefficient (Wildman–Crippen LogP) is 2.90. The van der Waals surface area contributed by atoms with Crippen LogP contribution in [0.4, 0.5) is 4.39 Å². The minimum absolute atomic E-state index is 0. The number of carbonyl (C=O) groups excluding carboxylic acids is 1. The van der Waals surface area contributed by atoms with Crippen LogP contribution in [0.5, 0.6) is 0 Å². The Labute approximate surface area is 134 Å². The maximum atomic E-state index is 13.8. The van der Waals surface area contributed by atoms with Crippen molar-refractivity contribution in [1.29, 1.82) is 0 Å². The van der Waals surface area contributed by atoms with Gasteiger partial charge in [0.05, 0.1) is 12.0 Å². The molecule has 1 aromatic carbocycles. The Balaban J connectivity index is 0.00000161. The smallest absolute Gasteiger partial charge is 0.224 e. The molecule has 1 amide bonds. The van der Waals surface area contributed by atoms with E-state index in [1.807, 2.05) is 6.07 Å². The number of benzene rings is 1. The average molecular weight is 331 g/mol. The lowest BCUT2D eigenvalue weighted by Gasteiger charge is -2.29. The predicted molar refractivity (Wildman–Crippen MR) is 85.5 cm³/mol. The summed E-state index contributed by atoms with van der Waals surface area (Å²) in [6, 6.07) is 5.09. The Morgan fingerprint density at radius 2 is 2.24 bits per heavy atom. The SMILES string of the molecule is Cl.O=C(NC1CCSc2c(F)cccc21)C1CCCNC1. The molecule has 1 saturated heterocycles. The lowest BCUT2D eigenvalue weighted by atomic mass is 9.97. The summed E-state index contributed by atoms with van der Waals surface area (Å²) in [6.45, 7) is 1.75. The molecule has 2 N–H and O–H groups in total. The van der Waals surface area contributed by atoms with E-state index >= 15 is 0 Å². The van der Waals surface area contributed by atoms with E-state index in [0.717, 1.165) is 43.7 Å². The summed E-state index contributed by atoms with van der Waals surface area (Å²) in [5.41, 5.74) is 0.929. The van der Waals surface area contributed by atoms with Gasteiger partial charge in [-0.2, -0.15) is 0 Å². The van der Waals surface area contributed by atoms with Crippen molar-refractivity contribution < 1.29 is 9.18 Å². The molecule has 116 valence electrons. The van der Waals surface area contributed by atoms with Gasteiger partial charge >= 0.3 is 0 Å². The van der Waals surface area contributed by atoms with Gasteiger partial charge in [-0.05, 0) is 37.4 Å². The molecule has 1 aromatic rings. The van der Waals surface area contributed by atoms with Crippen LogP contribution in [0, 0.1) is 11.7 Å². The number of piperidine rings is 1. The summed E-state index contributed by atoms with van der Waals surface area (Å²) in [5.74, 6) is 0.826. The number of hydrogen-bond donors (Lipinski definition) is 2. The average Bonchev–Trinajstić information content (AvgIpc) is 2.49. The summed E-state index contributed by atoms with van der Waals surface area (Å²) in [7, 11) is 0. The highest BCUT2D eigenvalue weighted by Gasteiger charge is 2.27. The molecule has 6 heteroatoms. The van der Waals surface area contributed by atoms with Crippen LogP contribution < -0.4 is 10.6 Å². The Bertz CT molecular complexity index is 508. The van der Waals surface area contributed by atoms with Gasteiger partial charge in [-0.15, -0.1) is 24.2 Å². The Kier molecular flexibility index (Phi) is 5.90. The quantitative estimate of drug-likeness (QED) is 0.876. The number of hydrogen-bond acceptors (Lipinski definition) is 3. The summed E-state index contributed by atoms with van der Waals surface area (Å²) in [4.78, 5) is 13.0. The van der Waals surface area contributed by atoms with E-state index in [4.69, 9.17) is 0 Å². The molecule has 2 aliphatic rings. The van der Waals surface area contributed by atoms with Crippen LogP contribution in [-0.4, -0.2) is 24.7 Å². The number of thioether (sulfide) groups is 1. The first-order valence-electron chi connectivity index (χ1n) is 7.18. The number of nitrogens with one attached hydrogen (secondary N) is 2. The molecule has 0 bridgehead atoms. The van der Waals surface area contributed by atoms with E-state index in [-0.39, 0.29) is 36.1 Å². The third-order valence-corrected chi connectivity index (χ3v) is 5.17. The molecule has 0 radical (unpaired) electrons. The van der Waals surface area contributed by atoms with Gasteiger partial charge in [-0.1, -0.05) is 12.1 Å². The molecule has 3 rings (SSSR count). The van der Waals surface area contributed by atoms with Crippen molar-refractivity contribution in [2.24, 2.45) is 5.92 Å². The second kappa shape index (κ2) is 7.47. The van der Waals surface area contributed by atoms with E-state index in [9.17, 15) is 9.18 Å². The van der Waals surface area contributed by atoms with Gasteiger partial charge < -0.3 is 10.6 Å². The first-order chi connectivity index (χ1) is 9.75. The maximum absolute atomic E-state index is 13.8. The lowest BCUT2D eigenvalue weighted by molar-refractivity contribution is -0.126. The molecule has 3 nitrogen and oxygen atoms in total. The van der Waals surface area contributed by atoms with Crippen LogP contribution in [0.2, 0.25) is 0 Å². The normalized spacial score (nSPS) is 24.6. The van der Waals surface area contributed by atoms with Crippen LogP contribution in [0.15, 0.2) is 23.1 Å². The van der Waals surface area contributed by atoms with E-state index in [1.54, 1.807) is 17.8 Å². The first kappa shape index (κ1) is 16.6. The van der Waals surface area contributed by atoms with Crippen LogP contribution in [0.25, 0.3) is 0 Å². The fourth-order valence-electron chi connectivity index (χ4n) is 2.90. The third kappa shape index (κ3) is 3.71.